The lowest BCUT2D eigenvalue weighted by Gasteiger charge is -2.22. The van der Waals surface area contributed by atoms with Crippen molar-refractivity contribution >= 4 is 5.65 Å². The zero-order chi connectivity index (χ0) is 13.1. The molecular weight excluding hydrogens is 240 g/mol. The number of pyridine rings is 1. The van der Waals surface area contributed by atoms with Gasteiger partial charge >= 0.3 is 0 Å². The van der Waals surface area contributed by atoms with Crippen LogP contribution in [-0.4, -0.2) is 45.8 Å². The first-order chi connectivity index (χ1) is 9.40. The molecule has 0 bridgehead atoms. The van der Waals surface area contributed by atoms with Crippen molar-refractivity contribution in [1.82, 2.24) is 19.5 Å². The van der Waals surface area contributed by atoms with Gasteiger partial charge in [-0.3, -0.25) is 9.30 Å². The third-order valence-electron chi connectivity index (χ3n) is 3.73. The number of ether oxygens (including phenoxy) is 1. The molecule has 5 heteroatoms. The first kappa shape index (κ1) is 12.6. The van der Waals surface area contributed by atoms with Gasteiger partial charge in [0.1, 0.15) is 0 Å². The SMILES string of the molecule is CCOCCN1CCC[C@H]1c1nnc2ccccn12. The van der Waals surface area contributed by atoms with E-state index in [0.717, 1.165) is 44.2 Å². The monoisotopic (exact) mass is 260 g/mol. The average Bonchev–Trinajstić information content (AvgIpc) is 3.04. The molecule has 2 aromatic heterocycles. The molecule has 0 radical (unpaired) electrons. The molecule has 3 heterocycles. The van der Waals surface area contributed by atoms with E-state index in [0.29, 0.717) is 6.04 Å². The molecular formula is C14H20N4O. The molecule has 0 amide bonds. The predicted octanol–water partition coefficient (Wildman–Crippen LogP) is 1.90. The summed E-state index contributed by atoms with van der Waals surface area (Å²) in [5, 5.41) is 8.64. The van der Waals surface area contributed by atoms with Gasteiger partial charge in [0.15, 0.2) is 11.5 Å². The molecule has 0 spiro atoms. The van der Waals surface area contributed by atoms with Crippen LogP contribution in [0.15, 0.2) is 24.4 Å². The van der Waals surface area contributed by atoms with E-state index in [-0.39, 0.29) is 0 Å². The summed E-state index contributed by atoms with van der Waals surface area (Å²) in [4.78, 5) is 2.46. The minimum Gasteiger partial charge on any atom is -0.380 e. The van der Waals surface area contributed by atoms with Crippen LogP contribution in [-0.2, 0) is 4.74 Å². The molecule has 5 nitrogen and oxygen atoms in total. The highest BCUT2D eigenvalue weighted by Gasteiger charge is 2.29. The largest absolute Gasteiger partial charge is 0.380 e. The Hall–Kier alpha value is -1.46. The van der Waals surface area contributed by atoms with Gasteiger partial charge < -0.3 is 4.74 Å². The fourth-order valence-corrected chi connectivity index (χ4v) is 2.80. The summed E-state index contributed by atoms with van der Waals surface area (Å²) >= 11 is 0. The highest BCUT2D eigenvalue weighted by atomic mass is 16.5. The van der Waals surface area contributed by atoms with Crippen LogP contribution in [0.25, 0.3) is 5.65 Å². The van der Waals surface area contributed by atoms with Crippen LogP contribution < -0.4 is 0 Å². The molecule has 1 fully saturated rings. The molecule has 0 unspecified atom stereocenters. The molecule has 102 valence electrons. The van der Waals surface area contributed by atoms with Crippen molar-refractivity contribution in [2.24, 2.45) is 0 Å². The number of rotatable bonds is 5. The van der Waals surface area contributed by atoms with Crippen molar-refractivity contribution in [2.45, 2.75) is 25.8 Å². The first-order valence-electron chi connectivity index (χ1n) is 7.01. The van der Waals surface area contributed by atoms with Gasteiger partial charge in [0.2, 0.25) is 0 Å². The quantitative estimate of drug-likeness (QED) is 0.770. The van der Waals surface area contributed by atoms with Crippen LogP contribution in [0.1, 0.15) is 31.6 Å². The van der Waals surface area contributed by atoms with Crippen molar-refractivity contribution < 1.29 is 4.74 Å². The molecule has 0 aromatic carbocycles. The summed E-state index contributed by atoms with van der Waals surface area (Å²) in [6, 6.07) is 6.39. The average molecular weight is 260 g/mol. The minimum atomic E-state index is 0.373. The molecule has 0 N–H and O–H groups in total. The summed E-state index contributed by atoms with van der Waals surface area (Å²) < 4.78 is 7.56. The summed E-state index contributed by atoms with van der Waals surface area (Å²) in [5.41, 5.74) is 0.925. The normalized spacial score (nSPS) is 20.4. The van der Waals surface area contributed by atoms with Crippen LogP contribution in [0.2, 0.25) is 0 Å². The molecule has 0 aliphatic carbocycles. The number of aromatic nitrogens is 3. The van der Waals surface area contributed by atoms with E-state index in [2.05, 4.69) is 19.5 Å². The lowest BCUT2D eigenvalue weighted by atomic mass is 10.2. The van der Waals surface area contributed by atoms with Crippen LogP contribution in [0.3, 0.4) is 0 Å². The number of hydrogen-bond acceptors (Lipinski definition) is 4. The van der Waals surface area contributed by atoms with E-state index in [1.165, 1.54) is 6.42 Å². The van der Waals surface area contributed by atoms with Crippen LogP contribution in [0, 0.1) is 0 Å². The maximum Gasteiger partial charge on any atom is 0.160 e. The Morgan fingerprint density at radius 2 is 2.32 bits per heavy atom. The van der Waals surface area contributed by atoms with E-state index in [1.54, 1.807) is 0 Å². The van der Waals surface area contributed by atoms with Crippen LogP contribution in [0.5, 0.6) is 0 Å². The highest BCUT2D eigenvalue weighted by molar-refractivity contribution is 5.37. The number of hydrogen-bond donors (Lipinski definition) is 0. The Kier molecular flexibility index (Phi) is 3.75. The van der Waals surface area contributed by atoms with E-state index in [4.69, 9.17) is 4.74 Å². The Balaban J connectivity index is 1.80. The number of nitrogens with zero attached hydrogens (tertiary/aromatic N) is 4. The molecule has 1 aliphatic heterocycles. The third kappa shape index (κ3) is 2.48. The zero-order valence-corrected chi connectivity index (χ0v) is 11.3. The van der Waals surface area contributed by atoms with Crippen molar-refractivity contribution in [3.63, 3.8) is 0 Å². The van der Waals surface area contributed by atoms with Crippen molar-refractivity contribution in [3.05, 3.63) is 30.2 Å². The third-order valence-corrected chi connectivity index (χ3v) is 3.73. The van der Waals surface area contributed by atoms with Gasteiger partial charge in [-0.2, -0.15) is 0 Å². The topological polar surface area (TPSA) is 42.7 Å². The summed E-state index contributed by atoms with van der Waals surface area (Å²) in [5.74, 6) is 1.06. The van der Waals surface area contributed by atoms with Crippen LogP contribution in [0.4, 0.5) is 0 Å². The van der Waals surface area contributed by atoms with Gasteiger partial charge in [-0.25, -0.2) is 0 Å². The second kappa shape index (κ2) is 5.67. The van der Waals surface area contributed by atoms with Crippen molar-refractivity contribution in [1.29, 1.82) is 0 Å². The fraction of sp³-hybridized carbons (Fsp3) is 0.571. The lowest BCUT2D eigenvalue weighted by molar-refractivity contribution is 0.107. The van der Waals surface area contributed by atoms with E-state index in [9.17, 15) is 0 Å². The second-order valence-corrected chi connectivity index (χ2v) is 4.88. The van der Waals surface area contributed by atoms with Gasteiger partial charge in [0, 0.05) is 19.3 Å². The fourth-order valence-electron chi connectivity index (χ4n) is 2.80. The van der Waals surface area contributed by atoms with E-state index in [1.807, 2.05) is 31.3 Å². The lowest BCUT2D eigenvalue weighted by Crippen LogP contribution is -2.28. The van der Waals surface area contributed by atoms with Gasteiger partial charge in [-0.05, 0) is 38.4 Å². The Morgan fingerprint density at radius 1 is 1.37 bits per heavy atom. The second-order valence-electron chi connectivity index (χ2n) is 4.88. The van der Waals surface area contributed by atoms with Gasteiger partial charge in [0.05, 0.1) is 12.6 Å². The molecule has 1 saturated heterocycles. The maximum atomic E-state index is 5.46. The molecule has 19 heavy (non-hydrogen) atoms. The summed E-state index contributed by atoms with van der Waals surface area (Å²) in [6.45, 7) is 5.71. The highest BCUT2D eigenvalue weighted by Crippen LogP contribution is 2.30. The number of likely N-dealkylation sites (tertiary alicyclic amines) is 1. The molecule has 2 aromatic rings. The van der Waals surface area contributed by atoms with Crippen molar-refractivity contribution in [3.8, 4) is 0 Å². The standard InChI is InChI=1S/C14H20N4O/c1-2-19-11-10-17-8-5-6-12(17)14-16-15-13-7-3-4-9-18(13)14/h3-4,7,9,12H,2,5-6,8,10-11H2,1H3/t12-/m0/s1. The first-order valence-corrected chi connectivity index (χ1v) is 7.01. The molecule has 1 atom stereocenters. The smallest absolute Gasteiger partial charge is 0.160 e. The molecule has 1 aliphatic rings. The molecule has 0 saturated carbocycles. The predicted molar refractivity (Wildman–Crippen MR) is 73.0 cm³/mol. The zero-order valence-electron chi connectivity index (χ0n) is 11.3. The summed E-state index contributed by atoms with van der Waals surface area (Å²) in [6.07, 6.45) is 4.42. The molecule has 3 rings (SSSR count). The van der Waals surface area contributed by atoms with Crippen molar-refractivity contribution in [2.75, 3.05) is 26.3 Å². The van der Waals surface area contributed by atoms with Crippen LogP contribution >= 0.6 is 0 Å². The number of fused-ring (bicyclic) bond motifs is 1. The van der Waals surface area contributed by atoms with E-state index >= 15 is 0 Å². The van der Waals surface area contributed by atoms with Gasteiger partial charge in [-0.1, -0.05) is 6.07 Å². The summed E-state index contributed by atoms with van der Waals surface area (Å²) in [7, 11) is 0. The Bertz CT molecular complexity index is 539. The van der Waals surface area contributed by atoms with Gasteiger partial charge in [0.25, 0.3) is 0 Å². The Labute approximate surface area is 113 Å². The maximum absolute atomic E-state index is 5.46. The minimum absolute atomic E-state index is 0.373. The van der Waals surface area contributed by atoms with E-state index < -0.39 is 0 Å². The van der Waals surface area contributed by atoms with Gasteiger partial charge in [-0.15, -0.1) is 10.2 Å². The Morgan fingerprint density at radius 3 is 3.21 bits per heavy atom.